The molecule has 0 bridgehead atoms. The minimum Gasteiger partial charge on any atom is -0.342 e. The number of benzene rings is 1. The summed E-state index contributed by atoms with van der Waals surface area (Å²) in [5.41, 5.74) is 4.48. The molecule has 1 heteroatoms. The normalized spacial score (nSPS) is 15.7. The predicted octanol–water partition coefficient (Wildman–Crippen LogP) is 2.95. The van der Waals surface area contributed by atoms with Crippen LogP contribution in [0, 0.1) is 6.92 Å². The van der Waals surface area contributed by atoms with E-state index in [1.54, 1.807) is 5.57 Å². The first kappa shape index (κ1) is 12.4. The average Bonchev–Trinajstić information content (AvgIpc) is 2.38. The van der Waals surface area contributed by atoms with Gasteiger partial charge in [-0.05, 0) is 32.6 Å². The molecule has 0 fully saturated rings. The van der Waals surface area contributed by atoms with Crippen molar-refractivity contribution in [2.45, 2.75) is 45.6 Å². The van der Waals surface area contributed by atoms with Gasteiger partial charge < -0.3 is 5.32 Å². The van der Waals surface area contributed by atoms with Crippen LogP contribution in [0.5, 0.6) is 0 Å². The van der Waals surface area contributed by atoms with Gasteiger partial charge in [0.05, 0.1) is 6.54 Å². The van der Waals surface area contributed by atoms with E-state index in [9.17, 15) is 0 Å². The summed E-state index contributed by atoms with van der Waals surface area (Å²) in [6, 6.07) is 8.89. The van der Waals surface area contributed by atoms with Gasteiger partial charge in [0.25, 0.3) is 0 Å². The smallest absolute Gasteiger partial charge is 0.101 e. The highest BCUT2D eigenvalue weighted by Gasteiger charge is 2.04. The Kier molecular flexibility index (Phi) is 4.81. The van der Waals surface area contributed by atoms with Gasteiger partial charge in [0.1, 0.15) is 6.54 Å². The standard InChI is InChI=1S/C16H23N/c1-14-7-9-16(10-8-14)13-17-12-11-15-5-3-2-4-6-15/h5,7-10,17H,2-4,6,11-13H2,1H3/p+1. The maximum atomic E-state index is 2.46. The van der Waals surface area contributed by atoms with E-state index in [4.69, 9.17) is 0 Å². The molecule has 0 amide bonds. The van der Waals surface area contributed by atoms with Crippen molar-refractivity contribution in [3.63, 3.8) is 0 Å². The number of hydrogen-bond donors (Lipinski definition) is 1. The number of hydrogen-bond acceptors (Lipinski definition) is 0. The van der Waals surface area contributed by atoms with Crippen LogP contribution in [0.2, 0.25) is 0 Å². The van der Waals surface area contributed by atoms with Crippen molar-refractivity contribution in [3.05, 3.63) is 47.0 Å². The number of quaternary nitrogens is 1. The van der Waals surface area contributed by atoms with Gasteiger partial charge in [-0.15, -0.1) is 0 Å². The number of rotatable bonds is 5. The maximum Gasteiger partial charge on any atom is 0.101 e. The first-order valence-electron chi connectivity index (χ1n) is 6.90. The molecule has 0 unspecified atom stereocenters. The van der Waals surface area contributed by atoms with Crippen molar-refractivity contribution < 1.29 is 5.32 Å². The van der Waals surface area contributed by atoms with Crippen LogP contribution in [0.4, 0.5) is 0 Å². The average molecular weight is 230 g/mol. The third-order valence-electron chi connectivity index (χ3n) is 3.56. The summed E-state index contributed by atoms with van der Waals surface area (Å²) in [6.07, 6.45) is 9.21. The Hall–Kier alpha value is -1.08. The summed E-state index contributed by atoms with van der Waals surface area (Å²) >= 11 is 0. The molecule has 1 aliphatic carbocycles. The van der Waals surface area contributed by atoms with E-state index >= 15 is 0 Å². The SMILES string of the molecule is Cc1ccc(C[NH2+]CCC2=CCCCC2)cc1. The molecule has 0 aromatic heterocycles. The molecule has 0 atom stereocenters. The fourth-order valence-electron chi connectivity index (χ4n) is 2.41. The number of allylic oxidation sites excluding steroid dienone is 1. The van der Waals surface area contributed by atoms with Crippen LogP contribution in [-0.2, 0) is 6.54 Å². The van der Waals surface area contributed by atoms with Crippen LogP contribution in [0.25, 0.3) is 0 Å². The Morgan fingerprint density at radius 2 is 1.94 bits per heavy atom. The molecular weight excluding hydrogens is 206 g/mol. The minimum absolute atomic E-state index is 1.12. The Balaban J connectivity index is 1.66. The van der Waals surface area contributed by atoms with Crippen molar-refractivity contribution in [1.29, 1.82) is 0 Å². The Labute approximate surface area is 105 Å². The van der Waals surface area contributed by atoms with Crippen LogP contribution >= 0.6 is 0 Å². The van der Waals surface area contributed by atoms with Crippen molar-refractivity contribution in [2.75, 3.05) is 6.54 Å². The third kappa shape index (κ3) is 4.35. The molecule has 1 aromatic rings. The molecule has 0 heterocycles. The molecule has 0 radical (unpaired) electrons. The van der Waals surface area contributed by atoms with Gasteiger partial charge in [-0.25, -0.2) is 0 Å². The van der Waals surface area contributed by atoms with Crippen LogP contribution in [0.3, 0.4) is 0 Å². The lowest BCUT2D eigenvalue weighted by molar-refractivity contribution is -0.670. The second-order valence-corrected chi connectivity index (χ2v) is 5.13. The summed E-state index contributed by atoms with van der Waals surface area (Å²) in [7, 11) is 0. The van der Waals surface area contributed by atoms with E-state index in [0.29, 0.717) is 0 Å². The quantitative estimate of drug-likeness (QED) is 0.591. The van der Waals surface area contributed by atoms with Gasteiger partial charge in [0.2, 0.25) is 0 Å². The van der Waals surface area contributed by atoms with E-state index in [2.05, 4.69) is 42.6 Å². The van der Waals surface area contributed by atoms with Crippen molar-refractivity contribution >= 4 is 0 Å². The van der Waals surface area contributed by atoms with E-state index in [-0.39, 0.29) is 0 Å². The Morgan fingerprint density at radius 1 is 1.12 bits per heavy atom. The van der Waals surface area contributed by atoms with Crippen molar-refractivity contribution in [1.82, 2.24) is 0 Å². The monoisotopic (exact) mass is 230 g/mol. The zero-order valence-electron chi connectivity index (χ0n) is 10.9. The fraction of sp³-hybridized carbons (Fsp3) is 0.500. The first-order chi connectivity index (χ1) is 8.34. The highest BCUT2D eigenvalue weighted by Crippen LogP contribution is 2.18. The minimum atomic E-state index is 1.12. The van der Waals surface area contributed by atoms with Gasteiger partial charge in [-0.1, -0.05) is 41.5 Å². The van der Waals surface area contributed by atoms with Crippen LogP contribution < -0.4 is 5.32 Å². The fourth-order valence-corrected chi connectivity index (χ4v) is 2.41. The van der Waals surface area contributed by atoms with Gasteiger partial charge in [0.15, 0.2) is 0 Å². The summed E-state index contributed by atoms with van der Waals surface area (Å²) in [5, 5.41) is 2.43. The Bertz CT molecular complexity index is 362. The van der Waals surface area contributed by atoms with Gasteiger partial charge in [0, 0.05) is 12.0 Å². The summed E-state index contributed by atoms with van der Waals surface area (Å²) in [5.74, 6) is 0. The van der Waals surface area contributed by atoms with E-state index in [0.717, 1.165) is 6.54 Å². The van der Waals surface area contributed by atoms with E-state index in [1.807, 2.05) is 0 Å². The molecule has 0 saturated carbocycles. The molecular formula is C16H24N+. The maximum absolute atomic E-state index is 2.46. The Morgan fingerprint density at radius 3 is 2.65 bits per heavy atom. The van der Waals surface area contributed by atoms with Crippen molar-refractivity contribution in [3.8, 4) is 0 Å². The molecule has 1 nitrogen and oxygen atoms in total. The molecule has 1 aromatic carbocycles. The second kappa shape index (κ2) is 6.61. The van der Waals surface area contributed by atoms with Gasteiger partial charge >= 0.3 is 0 Å². The summed E-state index contributed by atoms with van der Waals surface area (Å²) in [4.78, 5) is 0. The molecule has 0 aliphatic heterocycles. The predicted molar refractivity (Wildman–Crippen MR) is 72.8 cm³/mol. The molecule has 2 N–H and O–H groups in total. The molecule has 17 heavy (non-hydrogen) atoms. The molecule has 92 valence electrons. The lowest BCUT2D eigenvalue weighted by atomic mass is 9.97. The largest absolute Gasteiger partial charge is 0.342 e. The number of aryl methyl sites for hydroxylation is 1. The second-order valence-electron chi connectivity index (χ2n) is 5.13. The van der Waals surface area contributed by atoms with Crippen molar-refractivity contribution in [2.24, 2.45) is 0 Å². The summed E-state index contributed by atoms with van der Waals surface area (Å²) < 4.78 is 0. The first-order valence-corrected chi connectivity index (χ1v) is 6.90. The molecule has 1 aliphatic rings. The molecule has 0 spiro atoms. The zero-order chi connectivity index (χ0) is 11.9. The topological polar surface area (TPSA) is 16.6 Å². The molecule has 2 rings (SSSR count). The zero-order valence-corrected chi connectivity index (χ0v) is 10.9. The highest BCUT2D eigenvalue weighted by atomic mass is 14.8. The third-order valence-corrected chi connectivity index (χ3v) is 3.56. The van der Waals surface area contributed by atoms with E-state index < -0.39 is 0 Å². The van der Waals surface area contributed by atoms with Crippen LogP contribution in [0.15, 0.2) is 35.9 Å². The lowest BCUT2D eigenvalue weighted by Gasteiger charge is -2.11. The molecule has 0 saturated heterocycles. The van der Waals surface area contributed by atoms with Gasteiger partial charge in [-0.2, -0.15) is 0 Å². The summed E-state index contributed by atoms with van der Waals surface area (Å²) in [6.45, 7) is 4.50. The van der Waals surface area contributed by atoms with Crippen LogP contribution in [0.1, 0.15) is 43.2 Å². The van der Waals surface area contributed by atoms with Gasteiger partial charge in [-0.3, -0.25) is 0 Å². The number of nitrogens with two attached hydrogens (primary N) is 1. The van der Waals surface area contributed by atoms with E-state index in [1.165, 1.54) is 49.8 Å². The highest BCUT2D eigenvalue weighted by molar-refractivity contribution is 5.20. The lowest BCUT2D eigenvalue weighted by Crippen LogP contribution is -2.82. The van der Waals surface area contributed by atoms with Crippen LogP contribution in [-0.4, -0.2) is 6.54 Å².